The highest BCUT2D eigenvalue weighted by Gasteiger charge is 2.13. The van der Waals surface area contributed by atoms with Crippen LogP contribution in [-0.4, -0.2) is 11.0 Å². The molecule has 0 bridgehead atoms. The first-order valence-electron chi connectivity index (χ1n) is 5.69. The second-order valence-corrected chi connectivity index (χ2v) is 4.17. The zero-order chi connectivity index (χ0) is 13.1. The van der Waals surface area contributed by atoms with Gasteiger partial charge in [-0.2, -0.15) is 0 Å². The topological polar surface area (TPSA) is 62.5 Å². The van der Waals surface area contributed by atoms with E-state index in [1.165, 1.54) is 0 Å². The minimum Gasteiger partial charge on any atom is -0.507 e. The van der Waals surface area contributed by atoms with E-state index in [0.29, 0.717) is 12.3 Å². The summed E-state index contributed by atoms with van der Waals surface area (Å²) in [6, 6.07) is 6.97. The molecule has 2 N–H and O–H groups in total. The van der Waals surface area contributed by atoms with Crippen LogP contribution in [0.3, 0.4) is 0 Å². The molecule has 1 aromatic carbocycles. The van der Waals surface area contributed by atoms with E-state index in [2.05, 4.69) is 5.32 Å². The first-order valence-corrected chi connectivity index (χ1v) is 5.69. The molecule has 0 saturated heterocycles. The lowest BCUT2D eigenvalue weighted by Gasteiger charge is -2.09. The van der Waals surface area contributed by atoms with Gasteiger partial charge in [0.05, 0.1) is 18.4 Å². The summed E-state index contributed by atoms with van der Waals surface area (Å²) in [7, 11) is 0. The summed E-state index contributed by atoms with van der Waals surface area (Å²) in [5, 5.41) is 12.6. The number of amides is 1. The molecule has 0 saturated carbocycles. The summed E-state index contributed by atoms with van der Waals surface area (Å²) >= 11 is 0. The van der Waals surface area contributed by atoms with Crippen molar-refractivity contribution in [3.63, 3.8) is 0 Å². The van der Waals surface area contributed by atoms with Crippen molar-refractivity contribution in [2.75, 3.05) is 0 Å². The number of aromatic hydroxyl groups is 1. The number of furan rings is 1. The van der Waals surface area contributed by atoms with Crippen LogP contribution in [0, 0.1) is 13.8 Å². The molecule has 2 aromatic rings. The molecule has 0 radical (unpaired) electrons. The monoisotopic (exact) mass is 245 g/mol. The van der Waals surface area contributed by atoms with Gasteiger partial charge in [-0.05, 0) is 43.2 Å². The molecule has 0 spiro atoms. The quantitative estimate of drug-likeness (QED) is 0.873. The Bertz CT molecular complexity index is 559. The lowest BCUT2D eigenvalue weighted by molar-refractivity contribution is 0.0945. The van der Waals surface area contributed by atoms with Crippen molar-refractivity contribution in [1.29, 1.82) is 0 Å². The van der Waals surface area contributed by atoms with E-state index in [1.54, 1.807) is 31.4 Å². The Labute approximate surface area is 105 Å². The summed E-state index contributed by atoms with van der Waals surface area (Å²) in [5.41, 5.74) is 1.96. The highest BCUT2D eigenvalue weighted by atomic mass is 16.3. The standard InChI is InChI=1S/C14H15NO3/c1-9-5-6-12(13(16)10(9)2)14(17)15-8-11-4-3-7-18-11/h3-7,16H,8H2,1-2H3,(H,15,17). The Morgan fingerprint density at radius 2 is 2.11 bits per heavy atom. The van der Waals surface area contributed by atoms with Crippen LogP contribution in [0.25, 0.3) is 0 Å². The molecule has 0 aliphatic carbocycles. The molecule has 0 unspecified atom stereocenters. The Kier molecular flexibility index (Phi) is 3.37. The lowest BCUT2D eigenvalue weighted by Crippen LogP contribution is -2.22. The van der Waals surface area contributed by atoms with Crippen LogP contribution in [0.4, 0.5) is 0 Å². The molecule has 1 aromatic heterocycles. The molecule has 2 rings (SSSR count). The van der Waals surface area contributed by atoms with Crippen LogP contribution in [0.15, 0.2) is 34.9 Å². The third-order valence-electron chi connectivity index (χ3n) is 2.95. The number of phenols is 1. The molecule has 1 amide bonds. The largest absolute Gasteiger partial charge is 0.507 e. The Hall–Kier alpha value is -2.23. The molecule has 0 fully saturated rings. The van der Waals surface area contributed by atoms with Gasteiger partial charge in [0.25, 0.3) is 5.91 Å². The summed E-state index contributed by atoms with van der Waals surface area (Å²) < 4.78 is 5.12. The highest BCUT2D eigenvalue weighted by Crippen LogP contribution is 2.24. The second kappa shape index (κ2) is 4.96. The average Bonchev–Trinajstić information content (AvgIpc) is 2.86. The van der Waals surface area contributed by atoms with Gasteiger partial charge >= 0.3 is 0 Å². The predicted octanol–water partition coefficient (Wildman–Crippen LogP) is 2.53. The van der Waals surface area contributed by atoms with Crippen molar-refractivity contribution < 1.29 is 14.3 Å². The van der Waals surface area contributed by atoms with Crippen LogP contribution in [-0.2, 0) is 6.54 Å². The van der Waals surface area contributed by atoms with Gasteiger partial charge in [0.15, 0.2) is 0 Å². The van der Waals surface area contributed by atoms with Crippen LogP contribution < -0.4 is 5.32 Å². The molecule has 18 heavy (non-hydrogen) atoms. The predicted molar refractivity (Wildman–Crippen MR) is 67.5 cm³/mol. The van der Waals surface area contributed by atoms with Crippen molar-refractivity contribution in [2.24, 2.45) is 0 Å². The first kappa shape index (κ1) is 12.2. The van der Waals surface area contributed by atoms with E-state index in [0.717, 1.165) is 11.1 Å². The molecule has 4 heteroatoms. The molecule has 0 atom stereocenters. The molecular weight excluding hydrogens is 230 g/mol. The van der Waals surface area contributed by atoms with Crippen LogP contribution in [0.1, 0.15) is 27.2 Å². The van der Waals surface area contributed by atoms with E-state index in [1.807, 2.05) is 13.0 Å². The van der Waals surface area contributed by atoms with Gasteiger partial charge in [-0.25, -0.2) is 0 Å². The maximum Gasteiger partial charge on any atom is 0.255 e. The minimum absolute atomic E-state index is 0.0342. The lowest BCUT2D eigenvalue weighted by atomic mass is 10.0. The van der Waals surface area contributed by atoms with Gasteiger partial charge < -0.3 is 14.8 Å². The maximum atomic E-state index is 11.9. The van der Waals surface area contributed by atoms with E-state index < -0.39 is 0 Å². The highest BCUT2D eigenvalue weighted by molar-refractivity contribution is 5.97. The number of benzene rings is 1. The third kappa shape index (κ3) is 2.37. The zero-order valence-electron chi connectivity index (χ0n) is 10.4. The van der Waals surface area contributed by atoms with Crippen LogP contribution in [0.2, 0.25) is 0 Å². The zero-order valence-corrected chi connectivity index (χ0v) is 10.4. The molecule has 0 aliphatic heterocycles. The van der Waals surface area contributed by atoms with Gasteiger partial charge in [0, 0.05) is 0 Å². The number of hydrogen-bond donors (Lipinski definition) is 2. The summed E-state index contributed by atoms with van der Waals surface area (Å²) in [4.78, 5) is 11.9. The molecule has 94 valence electrons. The van der Waals surface area contributed by atoms with Crippen molar-refractivity contribution in [3.8, 4) is 5.75 Å². The number of carbonyl (C=O) groups is 1. The number of phenolic OH excluding ortho intramolecular Hbond substituents is 1. The number of nitrogens with one attached hydrogen (secondary N) is 1. The number of hydrogen-bond acceptors (Lipinski definition) is 3. The number of carbonyl (C=O) groups excluding carboxylic acids is 1. The fourth-order valence-corrected chi connectivity index (χ4v) is 1.66. The molecule has 1 heterocycles. The normalized spacial score (nSPS) is 10.3. The van der Waals surface area contributed by atoms with E-state index in [-0.39, 0.29) is 17.2 Å². The summed E-state index contributed by atoms with van der Waals surface area (Å²) in [6.45, 7) is 3.98. The molecular formula is C14H15NO3. The van der Waals surface area contributed by atoms with Gasteiger partial charge in [0.1, 0.15) is 11.5 Å². The van der Waals surface area contributed by atoms with Crippen molar-refractivity contribution in [2.45, 2.75) is 20.4 Å². The Balaban J connectivity index is 2.12. The van der Waals surface area contributed by atoms with Crippen molar-refractivity contribution in [3.05, 3.63) is 53.0 Å². The van der Waals surface area contributed by atoms with Gasteiger partial charge in [-0.15, -0.1) is 0 Å². The van der Waals surface area contributed by atoms with Crippen molar-refractivity contribution in [1.82, 2.24) is 5.32 Å². The first-order chi connectivity index (χ1) is 8.59. The number of aryl methyl sites for hydroxylation is 1. The Morgan fingerprint density at radius 1 is 1.33 bits per heavy atom. The minimum atomic E-state index is -0.313. The van der Waals surface area contributed by atoms with Crippen LogP contribution >= 0.6 is 0 Å². The van der Waals surface area contributed by atoms with Crippen LogP contribution in [0.5, 0.6) is 5.75 Å². The Morgan fingerprint density at radius 3 is 2.78 bits per heavy atom. The van der Waals surface area contributed by atoms with Crippen molar-refractivity contribution >= 4 is 5.91 Å². The van der Waals surface area contributed by atoms with E-state index >= 15 is 0 Å². The number of rotatable bonds is 3. The van der Waals surface area contributed by atoms with E-state index in [9.17, 15) is 9.90 Å². The van der Waals surface area contributed by atoms with Gasteiger partial charge in [-0.3, -0.25) is 4.79 Å². The average molecular weight is 245 g/mol. The molecule has 0 aliphatic rings. The summed E-state index contributed by atoms with van der Waals surface area (Å²) in [6.07, 6.45) is 1.55. The second-order valence-electron chi connectivity index (χ2n) is 4.17. The SMILES string of the molecule is Cc1ccc(C(=O)NCc2ccco2)c(O)c1C. The maximum absolute atomic E-state index is 11.9. The van der Waals surface area contributed by atoms with E-state index in [4.69, 9.17) is 4.42 Å². The molecule has 4 nitrogen and oxygen atoms in total. The third-order valence-corrected chi connectivity index (χ3v) is 2.95. The van der Waals surface area contributed by atoms with Gasteiger partial charge in [0.2, 0.25) is 0 Å². The fourth-order valence-electron chi connectivity index (χ4n) is 1.66. The van der Waals surface area contributed by atoms with Gasteiger partial charge in [-0.1, -0.05) is 6.07 Å². The summed E-state index contributed by atoms with van der Waals surface area (Å²) in [5.74, 6) is 0.394. The fraction of sp³-hybridized carbons (Fsp3) is 0.214. The smallest absolute Gasteiger partial charge is 0.255 e.